The highest BCUT2D eigenvalue weighted by Crippen LogP contribution is 2.29. The first-order valence-electron chi connectivity index (χ1n) is 6.61. The van der Waals surface area contributed by atoms with Crippen molar-refractivity contribution in [3.05, 3.63) is 23.8 Å². The lowest BCUT2D eigenvalue weighted by molar-refractivity contribution is 0.565. The van der Waals surface area contributed by atoms with Crippen LogP contribution in [0.25, 0.3) is 0 Å². The van der Waals surface area contributed by atoms with E-state index in [1.54, 1.807) is 6.07 Å². The van der Waals surface area contributed by atoms with E-state index in [0.717, 1.165) is 30.6 Å². The quantitative estimate of drug-likeness (QED) is 0.773. The lowest BCUT2D eigenvalue weighted by Crippen LogP contribution is -2.33. The Bertz CT molecular complexity index is 541. The molecule has 0 unspecified atom stereocenters. The molecule has 1 heterocycles. The fraction of sp³-hybridized carbons (Fsp3) is 0.538. The summed E-state index contributed by atoms with van der Waals surface area (Å²) in [5, 5.41) is 3.28. The van der Waals surface area contributed by atoms with E-state index in [4.69, 9.17) is 0 Å². The van der Waals surface area contributed by atoms with Crippen molar-refractivity contribution in [2.24, 2.45) is 5.92 Å². The highest BCUT2D eigenvalue weighted by molar-refractivity contribution is 7.90. The summed E-state index contributed by atoms with van der Waals surface area (Å²) in [6.07, 6.45) is 1.91. The predicted molar refractivity (Wildman–Crippen MR) is 78.6 cm³/mol. The van der Waals surface area contributed by atoms with Gasteiger partial charge in [0.25, 0.3) is 10.2 Å². The van der Waals surface area contributed by atoms with E-state index >= 15 is 0 Å². The summed E-state index contributed by atoms with van der Waals surface area (Å²) in [5.41, 5.74) is 2.74. The van der Waals surface area contributed by atoms with Crippen LogP contribution in [0, 0.1) is 5.92 Å². The highest BCUT2D eigenvalue weighted by Gasteiger charge is 2.16. The van der Waals surface area contributed by atoms with Crippen LogP contribution in [0.1, 0.15) is 25.8 Å². The first-order chi connectivity index (χ1) is 8.98. The van der Waals surface area contributed by atoms with Crippen molar-refractivity contribution in [1.82, 2.24) is 4.72 Å². The molecule has 0 saturated heterocycles. The Morgan fingerprint density at radius 3 is 2.89 bits per heavy atom. The molecule has 0 bridgehead atoms. The second kappa shape index (κ2) is 5.79. The maximum Gasteiger partial charge on any atom is 0.299 e. The third-order valence-corrected chi connectivity index (χ3v) is 4.06. The van der Waals surface area contributed by atoms with Gasteiger partial charge in [-0.05, 0) is 36.5 Å². The zero-order valence-corrected chi connectivity index (χ0v) is 12.2. The van der Waals surface area contributed by atoms with Gasteiger partial charge in [-0.15, -0.1) is 0 Å². The zero-order valence-electron chi connectivity index (χ0n) is 11.4. The van der Waals surface area contributed by atoms with Gasteiger partial charge < -0.3 is 5.32 Å². The molecule has 1 aromatic rings. The van der Waals surface area contributed by atoms with Crippen molar-refractivity contribution in [2.45, 2.75) is 26.7 Å². The van der Waals surface area contributed by atoms with Crippen LogP contribution in [-0.4, -0.2) is 21.5 Å². The van der Waals surface area contributed by atoms with Crippen molar-refractivity contribution in [1.29, 1.82) is 0 Å². The Morgan fingerprint density at radius 1 is 1.37 bits per heavy atom. The van der Waals surface area contributed by atoms with E-state index < -0.39 is 10.2 Å². The van der Waals surface area contributed by atoms with Crippen molar-refractivity contribution in [3.63, 3.8) is 0 Å². The Kier molecular flexibility index (Phi) is 4.31. The smallest absolute Gasteiger partial charge is 0.299 e. The lowest BCUT2D eigenvalue weighted by atomic mass is 10.0. The van der Waals surface area contributed by atoms with Gasteiger partial charge in [0.1, 0.15) is 0 Å². The molecule has 0 amide bonds. The van der Waals surface area contributed by atoms with Gasteiger partial charge in [0, 0.05) is 18.8 Å². The molecule has 1 aliphatic heterocycles. The van der Waals surface area contributed by atoms with Gasteiger partial charge >= 0.3 is 0 Å². The minimum absolute atomic E-state index is 0.280. The van der Waals surface area contributed by atoms with Crippen molar-refractivity contribution >= 4 is 21.6 Å². The van der Waals surface area contributed by atoms with E-state index in [-0.39, 0.29) is 5.92 Å². The Hall–Kier alpha value is -1.27. The van der Waals surface area contributed by atoms with Crippen molar-refractivity contribution < 1.29 is 8.42 Å². The van der Waals surface area contributed by atoms with Crippen LogP contribution in [0.2, 0.25) is 0 Å². The molecule has 2 rings (SSSR count). The Morgan fingerprint density at radius 2 is 2.16 bits per heavy atom. The number of rotatable bonds is 5. The van der Waals surface area contributed by atoms with Crippen LogP contribution in [0.4, 0.5) is 11.4 Å². The van der Waals surface area contributed by atoms with Gasteiger partial charge in [0.2, 0.25) is 0 Å². The number of hydrogen-bond donors (Lipinski definition) is 3. The number of nitrogens with one attached hydrogen (secondary N) is 3. The molecular weight excluding hydrogens is 262 g/mol. The summed E-state index contributed by atoms with van der Waals surface area (Å²) in [7, 11) is -3.49. The van der Waals surface area contributed by atoms with Gasteiger partial charge in [-0.25, -0.2) is 0 Å². The van der Waals surface area contributed by atoms with E-state index in [1.165, 1.54) is 0 Å². The summed E-state index contributed by atoms with van der Waals surface area (Å²) in [6, 6.07) is 5.64. The van der Waals surface area contributed by atoms with Crippen molar-refractivity contribution in [3.8, 4) is 0 Å². The molecule has 0 radical (unpaired) electrons. The van der Waals surface area contributed by atoms with Gasteiger partial charge in [-0.3, -0.25) is 4.72 Å². The second-order valence-electron chi connectivity index (χ2n) is 5.21. The number of fused-ring (bicyclic) bond motifs is 1. The molecule has 6 heteroatoms. The molecule has 3 N–H and O–H groups in total. The van der Waals surface area contributed by atoms with Gasteiger partial charge in [-0.2, -0.15) is 13.1 Å². The van der Waals surface area contributed by atoms with Crippen molar-refractivity contribution in [2.75, 3.05) is 23.1 Å². The number of benzene rings is 1. The summed E-state index contributed by atoms with van der Waals surface area (Å²) in [6.45, 7) is 5.31. The zero-order chi connectivity index (χ0) is 13.9. The lowest BCUT2D eigenvalue weighted by Gasteiger charge is -2.21. The van der Waals surface area contributed by atoms with Gasteiger partial charge in [-0.1, -0.05) is 19.9 Å². The molecule has 0 saturated carbocycles. The van der Waals surface area contributed by atoms with E-state index in [0.29, 0.717) is 12.2 Å². The highest BCUT2D eigenvalue weighted by atomic mass is 32.2. The summed E-state index contributed by atoms with van der Waals surface area (Å²) >= 11 is 0. The third-order valence-electron chi connectivity index (χ3n) is 3.02. The maximum absolute atomic E-state index is 11.9. The predicted octanol–water partition coefficient (Wildman–Crippen LogP) is 1.95. The topological polar surface area (TPSA) is 70.2 Å². The van der Waals surface area contributed by atoms with E-state index in [9.17, 15) is 8.42 Å². The fourth-order valence-corrected chi connectivity index (χ4v) is 3.17. The Balaban J connectivity index is 2.15. The average Bonchev–Trinajstić information content (AvgIpc) is 2.37. The monoisotopic (exact) mass is 283 g/mol. The molecule has 0 aromatic heterocycles. The van der Waals surface area contributed by atoms with Gasteiger partial charge in [0.05, 0.1) is 5.69 Å². The van der Waals surface area contributed by atoms with Crippen LogP contribution in [0.15, 0.2) is 18.2 Å². The standard InChI is InChI=1S/C13H21N3O2S/c1-10(2)9-15-19(17,18)16-13-7-3-6-12-11(13)5-4-8-14-12/h3,6-7,10,14-16H,4-5,8-9H2,1-2H3. The Labute approximate surface area is 115 Å². The van der Waals surface area contributed by atoms with Crippen LogP contribution in [0.3, 0.4) is 0 Å². The van der Waals surface area contributed by atoms with Gasteiger partial charge in [0.15, 0.2) is 0 Å². The molecule has 1 aromatic carbocycles. The summed E-state index contributed by atoms with van der Waals surface area (Å²) in [4.78, 5) is 0. The average molecular weight is 283 g/mol. The fourth-order valence-electron chi connectivity index (χ4n) is 2.06. The first-order valence-corrected chi connectivity index (χ1v) is 8.09. The van der Waals surface area contributed by atoms with Crippen LogP contribution >= 0.6 is 0 Å². The minimum atomic E-state index is -3.49. The minimum Gasteiger partial charge on any atom is -0.385 e. The normalized spacial score (nSPS) is 14.9. The first kappa shape index (κ1) is 14.1. The maximum atomic E-state index is 11.9. The molecule has 0 atom stereocenters. The number of hydrogen-bond acceptors (Lipinski definition) is 3. The third kappa shape index (κ3) is 3.84. The number of anilines is 2. The van der Waals surface area contributed by atoms with Crippen LogP contribution in [0.5, 0.6) is 0 Å². The van der Waals surface area contributed by atoms with E-state index in [1.807, 2.05) is 26.0 Å². The largest absolute Gasteiger partial charge is 0.385 e. The molecular formula is C13H21N3O2S. The SMILES string of the molecule is CC(C)CNS(=O)(=O)Nc1cccc2c1CCCN2. The molecule has 19 heavy (non-hydrogen) atoms. The molecule has 0 fully saturated rings. The molecule has 0 spiro atoms. The van der Waals surface area contributed by atoms with Crippen LogP contribution in [-0.2, 0) is 16.6 Å². The molecule has 0 aliphatic carbocycles. The summed E-state index contributed by atoms with van der Waals surface area (Å²) < 4.78 is 29.1. The molecule has 1 aliphatic rings. The van der Waals surface area contributed by atoms with Crippen LogP contribution < -0.4 is 14.8 Å². The molecule has 5 nitrogen and oxygen atoms in total. The van der Waals surface area contributed by atoms with E-state index in [2.05, 4.69) is 14.8 Å². The summed E-state index contributed by atoms with van der Waals surface area (Å²) in [5.74, 6) is 0.280. The second-order valence-corrected chi connectivity index (χ2v) is 6.71. The molecule has 106 valence electrons.